The largest absolute Gasteiger partial charge is 0.462 e. The number of ether oxygens (including phenoxy) is 3. The van der Waals surface area contributed by atoms with Gasteiger partial charge in [-0.15, -0.1) is 0 Å². The van der Waals surface area contributed by atoms with E-state index < -0.39 is 6.10 Å². The number of allylic oxidation sites excluding steroid dienone is 22. The minimum atomic E-state index is -0.812. The lowest BCUT2D eigenvalue weighted by Gasteiger charge is -2.18. The van der Waals surface area contributed by atoms with Crippen LogP contribution in [0.2, 0.25) is 0 Å². The van der Waals surface area contributed by atoms with Gasteiger partial charge in [-0.2, -0.15) is 0 Å². The summed E-state index contributed by atoms with van der Waals surface area (Å²) in [7, 11) is 0. The lowest BCUT2D eigenvalue weighted by molar-refractivity contribution is -0.167. The van der Waals surface area contributed by atoms with E-state index in [4.69, 9.17) is 14.2 Å². The molecule has 1 unspecified atom stereocenters. The van der Waals surface area contributed by atoms with Gasteiger partial charge in [-0.1, -0.05) is 231 Å². The highest BCUT2D eigenvalue weighted by atomic mass is 16.6. The molecule has 0 heterocycles. The van der Waals surface area contributed by atoms with E-state index in [-0.39, 0.29) is 31.1 Å². The summed E-state index contributed by atoms with van der Waals surface area (Å²) in [5.74, 6) is -0.973. The summed E-state index contributed by atoms with van der Waals surface area (Å²) in [4.78, 5) is 38.2. The second-order valence-corrected chi connectivity index (χ2v) is 19.1. The average molecular weight is 1010 g/mol. The molecule has 0 aliphatic rings. The van der Waals surface area contributed by atoms with Crippen molar-refractivity contribution < 1.29 is 28.6 Å². The molecule has 412 valence electrons. The second kappa shape index (κ2) is 60.1. The van der Waals surface area contributed by atoms with Crippen molar-refractivity contribution >= 4 is 17.9 Å². The molecule has 0 amide bonds. The van der Waals surface area contributed by atoms with Gasteiger partial charge in [0.2, 0.25) is 0 Å². The first kappa shape index (κ1) is 68.6. The summed E-state index contributed by atoms with van der Waals surface area (Å²) in [6, 6.07) is 0. The summed E-state index contributed by atoms with van der Waals surface area (Å²) in [6.07, 6.45) is 84.4. The van der Waals surface area contributed by atoms with Gasteiger partial charge in [0.25, 0.3) is 0 Å². The van der Waals surface area contributed by atoms with Crippen LogP contribution >= 0.6 is 0 Å². The first-order chi connectivity index (χ1) is 36.0. The van der Waals surface area contributed by atoms with Gasteiger partial charge in [-0.25, -0.2) is 0 Å². The van der Waals surface area contributed by atoms with E-state index in [9.17, 15) is 14.4 Å². The van der Waals surface area contributed by atoms with E-state index in [1.54, 1.807) is 0 Å². The smallest absolute Gasteiger partial charge is 0.306 e. The fourth-order valence-electron chi connectivity index (χ4n) is 7.72. The Hall–Kier alpha value is -4.45. The van der Waals surface area contributed by atoms with E-state index in [0.29, 0.717) is 25.7 Å². The van der Waals surface area contributed by atoms with Gasteiger partial charge < -0.3 is 14.2 Å². The number of unbranched alkanes of at least 4 members (excludes halogenated alkanes) is 19. The van der Waals surface area contributed by atoms with Crippen LogP contribution in [0.5, 0.6) is 0 Å². The Bertz CT molecular complexity index is 1580. The third-order valence-corrected chi connectivity index (χ3v) is 12.1. The fourth-order valence-corrected chi connectivity index (χ4v) is 7.72. The Balaban J connectivity index is 4.49. The zero-order valence-corrected chi connectivity index (χ0v) is 47.1. The van der Waals surface area contributed by atoms with Crippen LogP contribution in [-0.4, -0.2) is 37.2 Å². The SMILES string of the molecule is CC/C=C\C/C=C\C/C=C\C/C=C\C/C=C\CCCCCCCC(=O)OCC(COC(=O)CCCC/C=C\C/C=C\C/C=C\C/C=C\CC)OC(=O)CCCCCCCCCCC/C=C\C/C=C\CCCCC. The van der Waals surface area contributed by atoms with Gasteiger partial charge in [0.15, 0.2) is 6.10 Å². The minimum absolute atomic E-state index is 0.107. The third-order valence-electron chi connectivity index (χ3n) is 12.1. The molecule has 0 spiro atoms. The molecule has 6 heteroatoms. The van der Waals surface area contributed by atoms with Crippen molar-refractivity contribution in [2.75, 3.05) is 13.2 Å². The molecule has 0 aromatic carbocycles. The summed E-state index contributed by atoms with van der Waals surface area (Å²) in [6.45, 7) is 6.33. The van der Waals surface area contributed by atoms with Crippen molar-refractivity contribution in [2.24, 2.45) is 0 Å². The van der Waals surface area contributed by atoms with E-state index in [2.05, 4.69) is 154 Å². The molecule has 0 aromatic rings. The molecular formula is C67H108O6. The molecule has 0 aliphatic carbocycles. The number of carbonyl (C=O) groups is 3. The molecule has 0 aliphatic heterocycles. The van der Waals surface area contributed by atoms with Crippen molar-refractivity contribution in [2.45, 2.75) is 258 Å². The van der Waals surface area contributed by atoms with Gasteiger partial charge in [0, 0.05) is 19.3 Å². The van der Waals surface area contributed by atoms with Crippen LogP contribution in [0.4, 0.5) is 0 Å². The van der Waals surface area contributed by atoms with Crippen molar-refractivity contribution in [1.82, 2.24) is 0 Å². The van der Waals surface area contributed by atoms with Crippen LogP contribution in [0.1, 0.15) is 252 Å². The lowest BCUT2D eigenvalue weighted by atomic mass is 10.1. The Kier molecular flexibility index (Phi) is 56.4. The Labute approximate surface area is 449 Å². The highest BCUT2D eigenvalue weighted by Crippen LogP contribution is 2.14. The molecule has 6 nitrogen and oxygen atoms in total. The predicted molar refractivity (Wildman–Crippen MR) is 316 cm³/mol. The normalized spacial score (nSPS) is 13.1. The summed E-state index contributed by atoms with van der Waals surface area (Å²) < 4.78 is 16.8. The van der Waals surface area contributed by atoms with Crippen molar-refractivity contribution in [3.05, 3.63) is 134 Å². The predicted octanol–water partition coefficient (Wildman–Crippen LogP) is 20.2. The van der Waals surface area contributed by atoms with Crippen LogP contribution in [0.3, 0.4) is 0 Å². The van der Waals surface area contributed by atoms with Gasteiger partial charge in [0.05, 0.1) is 0 Å². The van der Waals surface area contributed by atoms with E-state index in [1.807, 2.05) is 0 Å². The Morgan fingerprint density at radius 2 is 0.534 bits per heavy atom. The molecule has 0 saturated heterocycles. The van der Waals surface area contributed by atoms with Crippen molar-refractivity contribution in [1.29, 1.82) is 0 Å². The summed E-state index contributed by atoms with van der Waals surface area (Å²) >= 11 is 0. The first-order valence-corrected chi connectivity index (χ1v) is 29.7. The van der Waals surface area contributed by atoms with E-state index in [0.717, 1.165) is 135 Å². The van der Waals surface area contributed by atoms with Crippen LogP contribution in [0.15, 0.2) is 134 Å². The third kappa shape index (κ3) is 58.3. The maximum Gasteiger partial charge on any atom is 0.306 e. The zero-order valence-electron chi connectivity index (χ0n) is 47.1. The topological polar surface area (TPSA) is 78.9 Å². The van der Waals surface area contributed by atoms with Crippen molar-refractivity contribution in [3.63, 3.8) is 0 Å². The minimum Gasteiger partial charge on any atom is -0.462 e. The molecule has 0 saturated carbocycles. The summed E-state index contributed by atoms with van der Waals surface area (Å²) in [5, 5.41) is 0. The van der Waals surface area contributed by atoms with Crippen LogP contribution < -0.4 is 0 Å². The Morgan fingerprint density at radius 3 is 0.863 bits per heavy atom. The Morgan fingerprint density at radius 1 is 0.288 bits per heavy atom. The first-order valence-electron chi connectivity index (χ1n) is 29.7. The monoisotopic (exact) mass is 1010 g/mol. The number of hydrogen-bond donors (Lipinski definition) is 0. The quantitative estimate of drug-likeness (QED) is 0.0261. The average Bonchev–Trinajstić information content (AvgIpc) is 3.39. The maximum atomic E-state index is 12.9. The lowest BCUT2D eigenvalue weighted by Crippen LogP contribution is -2.30. The number of carbonyl (C=O) groups excluding carboxylic acids is 3. The molecule has 0 N–H and O–H groups in total. The van der Waals surface area contributed by atoms with E-state index >= 15 is 0 Å². The fraction of sp³-hybridized carbons (Fsp3) is 0.627. The van der Waals surface area contributed by atoms with Gasteiger partial charge in [0.1, 0.15) is 13.2 Å². The van der Waals surface area contributed by atoms with E-state index in [1.165, 1.54) is 70.6 Å². The van der Waals surface area contributed by atoms with Gasteiger partial charge in [-0.05, 0) is 135 Å². The molecular weight excluding hydrogens is 901 g/mol. The van der Waals surface area contributed by atoms with Gasteiger partial charge >= 0.3 is 17.9 Å². The molecule has 0 rings (SSSR count). The van der Waals surface area contributed by atoms with Gasteiger partial charge in [-0.3, -0.25) is 14.4 Å². The van der Waals surface area contributed by atoms with Crippen molar-refractivity contribution in [3.8, 4) is 0 Å². The molecule has 73 heavy (non-hydrogen) atoms. The number of esters is 3. The zero-order chi connectivity index (χ0) is 52.9. The number of hydrogen-bond acceptors (Lipinski definition) is 6. The standard InChI is InChI=1S/C67H108O6/c1-4-7-10-13-16-19-22-25-28-30-32-33-35-36-39-42-45-48-51-54-57-60-66(69)72-63-64(62-71-65(68)59-56-53-50-47-44-41-38-27-24-21-18-15-12-9-6-3)73-67(70)61-58-55-52-49-46-43-40-37-34-31-29-26-23-20-17-14-11-8-5-2/h7,9-10,12,16-21,25-29,32-33,36,38-39,44,47,64H,4-6,8,11,13-15,22-24,30-31,34-35,37,40-43,45-46,48-63H2,1-3H3/b10-7-,12-9-,19-16-,20-17-,21-18-,28-25-,29-26-,33-32-,38-27-,39-36-,47-44-. The van der Waals surface area contributed by atoms with Crippen LogP contribution in [0.25, 0.3) is 0 Å². The molecule has 0 aromatic heterocycles. The maximum absolute atomic E-state index is 12.9. The van der Waals surface area contributed by atoms with Crippen LogP contribution in [-0.2, 0) is 28.6 Å². The highest BCUT2D eigenvalue weighted by Gasteiger charge is 2.19. The summed E-state index contributed by atoms with van der Waals surface area (Å²) in [5.41, 5.74) is 0. The molecule has 1 atom stereocenters. The van der Waals surface area contributed by atoms with Crippen LogP contribution in [0, 0.1) is 0 Å². The molecule has 0 fully saturated rings. The molecule has 0 bridgehead atoms. The second-order valence-electron chi connectivity index (χ2n) is 19.1. The molecule has 0 radical (unpaired) electrons. The highest BCUT2D eigenvalue weighted by molar-refractivity contribution is 5.71. The number of rotatable bonds is 52.